The van der Waals surface area contributed by atoms with Gasteiger partial charge in [0.1, 0.15) is 0 Å². The molecule has 0 unspecified atom stereocenters. The van der Waals surface area contributed by atoms with E-state index in [-0.39, 0.29) is 6.61 Å². The molecule has 0 spiro atoms. The molecule has 2 nitrogen and oxygen atoms in total. The number of aliphatic hydroxyl groups is 1. The summed E-state index contributed by atoms with van der Waals surface area (Å²) in [5.41, 5.74) is 0. The second-order valence-corrected chi connectivity index (χ2v) is 0.316. The molecule has 0 radical (unpaired) electrons. The van der Waals surface area contributed by atoms with E-state index in [2.05, 4.69) is 15.7 Å². The molecule has 1 N–H and O–H groups in total. The molecule has 0 saturated carbocycles. The van der Waals surface area contributed by atoms with Gasteiger partial charge in [0.15, 0.2) is 0 Å². The van der Waals surface area contributed by atoms with Crippen LogP contribution in [-0.2, 0) is 19.5 Å². The minimum atomic E-state index is 0.250. The van der Waals surface area contributed by atoms with Crippen LogP contribution >= 0.6 is 0 Å². The van der Waals surface area contributed by atoms with Gasteiger partial charge < -0.3 is 5.11 Å². The topological polar surface area (TPSA) is 37.3 Å². The molecule has 35 valence electrons. The summed E-state index contributed by atoms with van der Waals surface area (Å²) in [6.45, 7) is 1.93. The molecule has 0 heterocycles. The summed E-state index contributed by atoms with van der Waals surface area (Å²) in [7, 11) is 0. The Morgan fingerprint density at radius 1 is 1.80 bits per heavy atom. The van der Waals surface area contributed by atoms with Crippen molar-refractivity contribution in [1.82, 2.24) is 0 Å². The third kappa shape index (κ3) is 309. The molecule has 0 fully saturated rings. The van der Waals surface area contributed by atoms with Crippen LogP contribution in [0.25, 0.3) is 0 Å². The normalized spacial score (nSPS) is 4.60. The first kappa shape index (κ1) is 8.98. The Morgan fingerprint density at radius 3 is 1.80 bits per heavy atom. The van der Waals surface area contributed by atoms with Crippen LogP contribution in [0.15, 0.2) is 0 Å². The van der Waals surface area contributed by atoms with Crippen LogP contribution < -0.4 is 0 Å². The molecular formula is C2H6CoO2. The molecule has 0 saturated heterocycles. The molecular weight excluding hydrogens is 115 g/mol. The van der Waals surface area contributed by atoms with Crippen LogP contribution in [0.2, 0.25) is 0 Å². The number of hydrogen-bond acceptors (Lipinski definition) is 2. The van der Waals surface area contributed by atoms with Gasteiger partial charge in [0.05, 0.1) is 0 Å². The fraction of sp³-hybridized carbons (Fsp3) is 1.00. The van der Waals surface area contributed by atoms with Crippen molar-refractivity contribution < 1.29 is 24.6 Å². The molecule has 3 heteroatoms. The van der Waals surface area contributed by atoms with Crippen LogP contribution in [-0.4, -0.2) is 11.7 Å². The first-order valence-corrected chi connectivity index (χ1v) is 1.58. The molecule has 0 amide bonds. The van der Waals surface area contributed by atoms with Crippen LogP contribution in [0.4, 0.5) is 0 Å². The van der Waals surface area contributed by atoms with E-state index in [1.807, 2.05) is 0 Å². The monoisotopic (exact) mass is 121 g/mol. The predicted octanol–water partition coefficient (Wildman–Crippen LogP) is -0.123. The van der Waals surface area contributed by atoms with E-state index >= 15 is 0 Å². The number of aliphatic hydroxyl groups excluding tert-OH is 1. The molecule has 0 aromatic rings. The standard InChI is InChI=1S/C2H6O.Co.O/c1-2-3;;/h3H,2H2,1H3;;. The number of rotatable bonds is 0. The first-order chi connectivity index (χ1) is 2.41. The van der Waals surface area contributed by atoms with E-state index < -0.39 is 0 Å². The van der Waals surface area contributed by atoms with Gasteiger partial charge in [0.2, 0.25) is 0 Å². The van der Waals surface area contributed by atoms with E-state index in [9.17, 15) is 0 Å². The molecule has 0 atom stereocenters. The van der Waals surface area contributed by atoms with Crippen molar-refractivity contribution in [2.75, 3.05) is 6.61 Å². The molecule has 0 aliphatic heterocycles. The maximum atomic E-state index is 7.94. The van der Waals surface area contributed by atoms with Crippen molar-refractivity contribution >= 4 is 0 Å². The van der Waals surface area contributed by atoms with E-state index in [1.165, 1.54) is 0 Å². The second-order valence-electron chi connectivity index (χ2n) is 0.316. The Labute approximate surface area is 39.0 Å². The summed E-state index contributed by atoms with van der Waals surface area (Å²) in [6, 6.07) is 0. The maximum absolute atomic E-state index is 7.94. The molecule has 0 aromatic heterocycles. The fourth-order valence-corrected chi connectivity index (χ4v) is 0. The quantitative estimate of drug-likeness (QED) is 0.485. The van der Waals surface area contributed by atoms with Crippen LogP contribution in [0.1, 0.15) is 6.92 Å². The van der Waals surface area contributed by atoms with Gasteiger partial charge in [-0.05, 0) is 6.92 Å². The molecule has 0 aliphatic rings. The Bertz CT molecular complexity index is 11.6. The van der Waals surface area contributed by atoms with Gasteiger partial charge >= 0.3 is 19.5 Å². The fourth-order valence-electron chi connectivity index (χ4n) is 0. The van der Waals surface area contributed by atoms with Gasteiger partial charge in [0, 0.05) is 6.61 Å². The molecule has 0 aliphatic carbocycles. The van der Waals surface area contributed by atoms with Gasteiger partial charge in [-0.3, -0.25) is 0 Å². The third-order valence-electron chi connectivity index (χ3n) is 0. The van der Waals surface area contributed by atoms with Gasteiger partial charge in [0.25, 0.3) is 0 Å². The molecule has 0 bridgehead atoms. The van der Waals surface area contributed by atoms with E-state index in [0.717, 1.165) is 0 Å². The molecule has 0 aromatic carbocycles. The zero-order chi connectivity index (χ0) is 4.71. The zero-order valence-corrected chi connectivity index (χ0v) is 3.94. The Morgan fingerprint density at radius 2 is 1.80 bits per heavy atom. The summed E-state index contributed by atoms with van der Waals surface area (Å²) >= 11 is 2.31. The van der Waals surface area contributed by atoms with Crippen molar-refractivity contribution in [1.29, 1.82) is 0 Å². The van der Waals surface area contributed by atoms with Crippen molar-refractivity contribution in [3.8, 4) is 0 Å². The van der Waals surface area contributed by atoms with Crippen LogP contribution in [0.5, 0.6) is 0 Å². The van der Waals surface area contributed by atoms with Crippen molar-refractivity contribution in [3.63, 3.8) is 0 Å². The van der Waals surface area contributed by atoms with E-state index in [4.69, 9.17) is 8.97 Å². The Balaban J connectivity index is 0. The first-order valence-electron chi connectivity index (χ1n) is 1.16. The third-order valence-corrected chi connectivity index (χ3v) is 0. The average molecular weight is 121 g/mol. The van der Waals surface area contributed by atoms with Crippen LogP contribution in [0, 0.1) is 0 Å². The van der Waals surface area contributed by atoms with E-state index in [0.29, 0.717) is 0 Å². The summed E-state index contributed by atoms with van der Waals surface area (Å²) in [4.78, 5) is 0. The van der Waals surface area contributed by atoms with Crippen molar-refractivity contribution in [3.05, 3.63) is 0 Å². The van der Waals surface area contributed by atoms with Gasteiger partial charge in [-0.2, -0.15) is 0 Å². The zero-order valence-electron chi connectivity index (χ0n) is 2.90. The van der Waals surface area contributed by atoms with Crippen molar-refractivity contribution in [2.45, 2.75) is 6.92 Å². The van der Waals surface area contributed by atoms with Crippen molar-refractivity contribution in [2.24, 2.45) is 0 Å². The Hall–Kier alpha value is 0.266. The molecule has 5 heavy (non-hydrogen) atoms. The molecule has 0 rings (SSSR count). The summed E-state index contributed by atoms with van der Waals surface area (Å²) in [5, 5.41) is 7.57. The second kappa shape index (κ2) is 28.4. The number of hydrogen-bond donors (Lipinski definition) is 1. The average Bonchev–Trinajstić information content (AvgIpc) is 1.46. The summed E-state index contributed by atoms with van der Waals surface area (Å²) < 4.78 is 7.94. The summed E-state index contributed by atoms with van der Waals surface area (Å²) in [6.07, 6.45) is 0. The minimum absolute atomic E-state index is 0.250. The van der Waals surface area contributed by atoms with Gasteiger partial charge in [-0.15, -0.1) is 0 Å². The Kier molecular flexibility index (Phi) is 51.0. The SMILES string of the molecule is CCO.[O]=[Co]. The summed E-state index contributed by atoms with van der Waals surface area (Å²) in [5.74, 6) is 0. The van der Waals surface area contributed by atoms with Crippen LogP contribution in [0.3, 0.4) is 0 Å². The van der Waals surface area contributed by atoms with E-state index in [1.54, 1.807) is 6.92 Å². The van der Waals surface area contributed by atoms with Gasteiger partial charge in [-0.25, -0.2) is 0 Å². The predicted molar refractivity (Wildman–Crippen MR) is 13.4 cm³/mol. The van der Waals surface area contributed by atoms with Gasteiger partial charge in [-0.1, -0.05) is 0 Å².